The number of anilines is 2. The standard InChI is InChI=1S/C28H38N6O4S/c1-20(35)31-23-9-11-25(12-10-23)39(37,38)34-17-13-22(14-18-34)28(15-4-2-3-5-16-28)33-27(36)32-24-8-6-7-21(19-24)26(29)30/h6-12,19,22H,2-5,13-18H2,1H3,(H3,29,30)(H,31,35)(H2,32,33,36). The van der Waals surface area contributed by atoms with Crippen LogP contribution in [0.5, 0.6) is 0 Å². The van der Waals surface area contributed by atoms with E-state index < -0.39 is 15.6 Å². The third-order valence-corrected chi connectivity index (χ3v) is 9.75. The molecular formula is C28H38N6O4S. The fourth-order valence-electron chi connectivity index (χ4n) is 5.86. The molecule has 1 saturated carbocycles. The Bertz CT molecular complexity index is 1300. The summed E-state index contributed by atoms with van der Waals surface area (Å²) in [5.41, 5.74) is 6.84. The van der Waals surface area contributed by atoms with Gasteiger partial charge in [-0.15, -0.1) is 0 Å². The predicted octanol–water partition coefficient (Wildman–Crippen LogP) is 4.24. The first kappa shape index (κ1) is 28.6. The maximum Gasteiger partial charge on any atom is 0.319 e. The van der Waals surface area contributed by atoms with Crippen LogP contribution in [0.2, 0.25) is 0 Å². The highest BCUT2D eigenvalue weighted by Gasteiger charge is 2.43. The zero-order valence-corrected chi connectivity index (χ0v) is 23.1. The molecule has 2 aromatic carbocycles. The molecule has 2 aliphatic rings. The number of hydrogen-bond acceptors (Lipinski definition) is 5. The molecule has 0 bridgehead atoms. The third-order valence-electron chi connectivity index (χ3n) is 7.84. The van der Waals surface area contributed by atoms with Gasteiger partial charge in [0.1, 0.15) is 5.84 Å². The molecular weight excluding hydrogens is 516 g/mol. The van der Waals surface area contributed by atoms with Crippen molar-refractivity contribution in [3.05, 3.63) is 54.1 Å². The summed E-state index contributed by atoms with van der Waals surface area (Å²) in [7, 11) is -3.67. The molecule has 6 N–H and O–H groups in total. The minimum absolute atomic E-state index is 0.0651. The first-order valence-corrected chi connectivity index (χ1v) is 14.9. The number of amidine groups is 1. The van der Waals surface area contributed by atoms with Crippen LogP contribution in [0, 0.1) is 11.3 Å². The first-order chi connectivity index (χ1) is 18.6. The van der Waals surface area contributed by atoms with E-state index in [0.717, 1.165) is 38.5 Å². The second kappa shape index (κ2) is 12.2. The van der Waals surface area contributed by atoms with Crippen molar-refractivity contribution in [2.45, 2.75) is 68.7 Å². The van der Waals surface area contributed by atoms with Crippen LogP contribution in [0.1, 0.15) is 63.9 Å². The van der Waals surface area contributed by atoms with Crippen LogP contribution in [-0.2, 0) is 14.8 Å². The van der Waals surface area contributed by atoms with E-state index in [2.05, 4.69) is 16.0 Å². The smallest absolute Gasteiger partial charge is 0.319 e. The number of carbonyl (C=O) groups is 2. The molecule has 11 heteroatoms. The lowest BCUT2D eigenvalue weighted by Crippen LogP contribution is -2.57. The van der Waals surface area contributed by atoms with Crippen molar-refractivity contribution >= 4 is 39.2 Å². The molecule has 4 rings (SSSR count). The van der Waals surface area contributed by atoms with Gasteiger partial charge < -0.3 is 21.7 Å². The van der Waals surface area contributed by atoms with E-state index in [1.165, 1.54) is 23.4 Å². The highest BCUT2D eigenvalue weighted by Crippen LogP contribution is 2.39. The molecule has 2 aromatic rings. The van der Waals surface area contributed by atoms with Gasteiger partial charge in [0.25, 0.3) is 0 Å². The maximum atomic E-state index is 13.3. The fraction of sp³-hybridized carbons (Fsp3) is 0.464. The number of amides is 3. The van der Waals surface area contributed by atoms with Gasteiger partial charge in [0.05, 0.1) is 4.90 Å². The minimum Gasteiger partial charge on any atom is -0.384 e. The summed E-state index contributed by atoms with van der Waals surface area (Å²) in [5.74, 6) is -0.129. The van der Waals surface area contributed by atoms with E-state index in [1.54, 1.807) is 36.4 Å². The van der Waals surface area contributed by atoms with Gasteiger partial charge >= 0.3 is 6.03 Å². The number of sulfonamides is 1. The normalized spacial score (nSPS) is 18.5. The Labute approximate surface area is 230 Å². The highest BCUT2D eigenvalue weighted by molar-refractivity contribution is 7.89. The molecule has 0 unspecified atom stereocenters. The van der Waals surface area contributed by atoms with Crippen molar-refractivity contribution in [1.29, 1.82) is 5.41 Å². The molecule has 210 valence electrons. The van der Waals surface area contributed by atoms with Crippen molar-refractivity contribution in [2.75, 3.05) is 23.7 Å². The summed E-state index contributed by atoms with van der Waals surface area (Å²) in [6, 6.07) is 12.8. The lowest BCUT2D eigenvalue weighted by molar-refractivity contribution is -0.114. The number of rotatable bonds is 7. The fourth-order valence-corrected chi connectivity index (χ4v) is 7.33. The zero-order chi connectivity index (χ0) is 28.0. The summed E-state index contributed by atoms with van der Waals surface area (Å²) in [6.07, 6.45) is 7.29. The van der Waals surface area contributed by atoms with Crippen molar-refractivity contribution in [2.24, 2.45) is 11.7 Å². The molecule has 0 aromatic heterocycles. The van der Waals surface area contributed by atoms with E-state index in [9.17, 15) is 18.0 Å². The molecule has 1 saturated heterocycles. The Balaban J connectivity index is 1.45. The van der Waals surface area contributed by atoms with Crippen molar-refractivity contribution in [1.82, 2.24) is 9.62 Å². The van der Waals surface area contributed by atoms with Gasteiger partial charge in [-0.1, -0.05) is 37.8 Å². The average molecular weight is 555 g/mol. The number of benzene rings is 2. The monoisotopic (exact) mass is 554 g/mol. The van der Waals surface area contributed by atoms with Gasteiger partial charge in [-0.25, -0.2) is 13.2 Å². The second-order valence-electron chi connectivity index (χ2n) is 10.5. The second-order valence-corrected chi connectivity index (χ2v) is 12.5. The quantitative estimate of drug-likeness (QED) is 0.196. The van der Waals surface area contributed by atoms with E-state index in [0.29, 0.717) is 42.9 Å². The SMILES string of the molecule is CC(=O)Nc1ccc(S(=O)(=O)N2CCC(C3(NC(=O)Nc4cccc(C(=N)N)c4)CCCCCC3)CC2)cc1. The van der Waals surface area contributed by atoms with Crippen LogP contribution < -0.4 is 21.7 Å². The third kappa shape index (κ3) is 6.96. The number of nitrogens with one attached hydrogen (secondary N) is 4. The molecule has 1 heterocycles. The summed E-state index contributed by atoms with van der Waals surface area (Å²) in [4.78, 5) is 24.7. The van der Waals surface area contributed by atoms with Crippen molar-refractivity contribution < 1.29 is 18.0 Å². The highest BCUT2D eigenvalue weighted by atomic mass is 32.2. The van der Waals surface area contributed by atoms with Gasteiger partial charge in [0, 0.05) is 42.5 Å². The Hall–Kier alpha value is -3.44. The van der Waals surface area contributed by atoms with Crippen LogP contribution in [0.3, 0.4) is 0 Å². The zero-order valence-electron chi connectivity index (χ0n) is 22.3. The molecule has 10 nitrogen and oxygen atoms in total. The summed E-state index contributed by atoms with van der Waals surface area (Å²) in [6.45, 7) is 2.17. The minimum atomic E-state index is -3.67. The molecule has 0 atom stereocenters. The number of nitrogen functional groups attached to an aromatic ring is 1. The molecule has 1 aliphatic carbocycles. The van der Waals surface area contributed by atoms with Crippen LogP contribution >= 0.6 is 0 Å². The maximum absolute atomic E-state index is 13.3. The number of nitrogens with zero attached hydrogens (tertiary/aromatic N) is 1. The Morgan fingerprint density at radius 1 is 0.949 bits per heavy atom. The lowest BCUT2D eigenvalue weighted by Gasteiger charge is -2.45. The van der Waals surface area contributed by atoms with Crippen LogP contribution in [-0.4, -0.2) is 49.1 Å². The lowest BCUT2D eigenvalue weighted by atomic mass is 9.73. The van der Waals surface area contributed by atoms with Gasteiger partial charge in [-0.2, -0.15) is 4.31 Å². The molecule has 2 fully saturated rings. The van der Waals surface area contributed by atoms with Crippen LogP contribution in [0.15, 0.2) is 53.4 Å². The molecule has 1 aliphatic heterocycles. The summed E-state index contributed by atoms with van der Waals surface area (Å²) >= 11 is 0. The molecule has 39 heavy (non-hydrogen) atoms. The van der Waals surface area contributed by atoms with Gasteiger partial charge in [0.2, 0.25) is 15.9 Å². The van der Waals surface area contributed by atoms with Crippen LogP contribution in [0.4, 0.5) is 16.2 Å². The number of nitrogens with two attached hydrogens (primary N) is 1. The Morgan fingerprint density at radius 2 is 1.59 bits per heavy atom. The predicted molar refractivity (Wildman–Crippen MR) is 152 cm³/mol. The summed E-state index contributed by atoms with van der Waals surface area (Å²) in [5, 5.41) is 16.5. The van der Waals surface area contributed by atoms with E-state index in [4.69, 9.17) is 11.1 Å². The number of urea groups is 1. The average Bonchev–Trinajstić information content (AvgIpc) is 3.15. The van der Waals surface area contributed by atoms with Gasteiger partial charge in [-0.05, 0) is 68.0 Å². The van der Waals surface area contributed by atoms with Crippen molar-refractivity contribution in [3.8, 4) is 0 Å². The van der Waals surface area contributed by atoms with Gasteiger partial charge in [-0.3, -0.25) is 10.2 Å². The van der Waals surface area contributed by atoms with E-state index in [-0.39, 0.29) is 28.6 Å². The largest absolute Gasteiger partial charge is 0.384 e. The van der Waals surface area contributed by atoms with Crippen LogP contribution in [0.25, 0.3) is 0 Å². The number of piperidine rings is 1. The van der Waals surface area contributed by atoms with E-state index in [1.807, 2.05) is 0 Å². The first-order valence-electron chi connectivity index (χ1n) is 13.5. The number of hydrogen-bond donors (Lipinski definition) is 5. The summed E-state index contributed by atoms with van der Waals surface area (Å²) < 4.78 is 28.2. The molecule has 0 radical (unpaired) electrons. The Kier molecular flexibility index (Phi) is 8.91. The molecule has 0 spiro atoms. The Morgan fingerprint density at radius 3 is 2.18 bits per heavy atom. The van der Waals surface area contributed by atoms with E-state index >= 15 is 0 Å². The number of carbonyl (C=O) groups excluding carboxylic acids is 2. The van der Waals surface area contributed by atoms with Gasteiger partial charge in [0.15, 0.2) is 0 Å². The topological polar surface area (TPSA) is 157 Å². The molecule has 3 amide bonds. The van der Waals surface area contributed by atoms with Crippen molar-refractivity contribution in [3.63, 3.8) is 0 Å².